The highest BCUT2D eigenvalue weighted by atomic mass is 32.2. The van der Waals surface area contributed by atoms with Gasteiger partial charge in [-0.15, -0.1) is 0 Å². The minimum absolute atomic E-state index is 0.0321. The van der Waals surface area contributed by atoms with Crippen molar-refractivity contribution in [3.63, 3.8) is 0 Å². The van der Waals surface area contributed by atoms with E-state index < -0.39 is 0 Å². The molecule has 0 radical (unpaired) electrons. The topological polar surface area (TPSA) is 59.2 Å². The molecule has 78 valence electrons. The molecule has 0 aliphatic rings. The van der Waals surface area contributed by atoms with Crippen molar-refractivity contribution in [1.82, 2.24) is 9.97 Å². The molecule has 5 heteroatoms. The van der Waals surface area contributed by atoms with E-state index in [2.05, 4.69) is 9.97 Å². The predicted molar refractivity (Wildman–Crippen MR) is 55.5 cm³/mol. The molecule has 15 heavy (non-hydrogen) atoms. The largest absolute Gasteiger partial charge is 0.468 e. The fraction of sp³-hybridized carbons (Fsp3) is 0.200. The number of aliphatic hydroxyl groups is 1. The van der Waals surface area contributed by atoms with Gasteiger partial charge in [0.25, 0.3) is 0 Å². The van der Waals surface area contributed by atoms with Crippen LogP contribution in [0.5, 0.6) is 0 Å². The zero-order valence-electron chi connectivity index (χ0n) is 8.17. The number of aryl methyl sites for hydroxylation is 1. The minimum Gasteiger partial charge on any atom is -0.468 e. The summed E-state index contributed by atoms with van der Waals surface area (Å²) < 4.78 is 5.17. The van der Waals surface area contributed by atoms with Crippen molar-refractivity contribution in [2.75, 3.05) is 0 Å². The summed E-state index contributed by atoms with van der Waals surface area (Å²) in [7, 11) is 0. The first-order chi connectivity index (χ1) is 7.29. The SMILES string of the molecule is Cc1occc1Sc1ncc(CO)cn1. The van der Waals surface area contributed by atoms with E-state index in [4.69, 9.17) is 9.52 Å². The molecular formula is C10H10N2O2S. The van der Waals surface area contributed by atoms with Crippen LogP contribution in [-0.4, -0.2) is 15.1 Å². The van der Waals surface area contributed by atoms with Crippen LogP contribution >= 0.6 is 11.8 Å². The number of furan rings is 1. The van der Waals surface area contributed by atoms with E-state index in [1.807, 2.05) is 13.0 Å². The van der Waals surface area contributed by atoms with Gasteiger partial charge in [0.1, 0.15) is 5.76 Å². The molecule has 0 aliphatic heterocycles. The summed E-state index contributed by atoms with van der Waals surface area (Å²) in [5.74, 6) is 0.856. The fourth-order valence-electron chi connectivity index (χ4n) is 1.05. The molecule has 1 N–H and O–H groups in total. The average molecular weight is 222 g/mol. The Morgan fingerprint density at radius 3 is 2.67 bits per heavy atom. The molecule has 0 unspecified atom stereocenters. The third-order valence-corrected chi connectivity index (χ3v) is 2.91. The molecule has 2 heterocycles. The fourth-order valence-corrected chi connectivity index (χ4v) is 1.78. The Hall–Kier alpha value is -1.33. The molecule has 0 atom stereocenters. The monoisotopic (exact) mass is 222 g/mol. The standard InChI is InChI=1S/C10H10N2O2S/c1-7-9(2-3-14-7)15-10-11-4-8(6-13)5-12-10/h2-5,13H,6H2,1H3. The normalized spacial score (nSPS) is 10.5. The van der Waals surface area contributed by atoms with Gasteiger partial charge in [-0.1, -0.05) is 0 Å². The Kier molecular flexibility index (Phi) is 3.03. The van der Waals surface area contributed by atoms with Gasteiger partial charge in [0.05, 0.1) is 17.8 Å². The van der Waals surface area contributed by atoms with Crippen LogP contribution in [0.3, 0.4) is 0 Å². The number of hydrogen-bond acceptors (Lipinski definition) is 5. The first-order valence-corrected chi connectivity index (χ1v) is 5.25. The molecule has 0 spiro atoms. The Morgan fingerprint density at radius 1 is 1.40 bits per heavy atom. The third-order valence-electron chi connectivity index (χ3n) is 1.88. The Morgan fingerprint density at radius 2 is 2.13 bits per heavy atom. The van der Waals surface area contributed by atoms with Gasteiger partial charge < -0.3 is 9.52 Å². The summed E-state index contributed by atoms with van der Waals surface area (Å²) in [5, 5.41) is 9.48. The van der Waals surface area contributed by atoms with Crippen molar-refractivity contribution in [2.24, 2.45) is 0 Å². The second-order valence-electron chi connectivity index (χ2n) is 2.98. The van der Waals surface area contributed by atoms with Crippen molar-refractivity contribution in [2.45, 2.75) is 23.6 Å². The lowest BCUT2D eigenvalue weighted by molar-refractivity contribution is 0.280. The van der Waals surface area contributed by atoms with Gasteiger partial charge >= 0.3 is 0 Å². The van der Waals surface area contributed by atoms with Crippen LogP contribution in [0.15, 0.2) is 39.2 Å². The maximum Gasteiger partial charge on any atom is 0.192 e. The lowest BCUT2D eigenvalue weighted by atomic mass is 10.4. The predicted octanol–water partition coefficient (Wildman–Crippen LogP) is 2.02. The second-order valence-corrected chi connectivity index (χ2v) is 3.98. The molecule has 0 fully saturated rings. The highest BCUT2D eigenvalue weighted by molar-refractivity contribution is 7.99. The van der Waals surface area contributed by atoms with Gasteiger partial charge in [0.15, 0.2) is 5.16 Å². The molecule has 0 saturated heterocycles. The van der Waals surface area contributed by atoms with Crippen LogP contribution in [0.1, 0.15) is 11.3 Å². The highest BCUT2D eigenvalue weighted by Crippen LogP contribution is 2.27. The lowest BCUT2D eigenvalue weighted by Crippen LogP contribution is -1.90. The zero-order chi connectivity index (χ0) is 10.7. The average Bonchev–Trinajstić information content (AvgIpc) is 2.66. The molecule has 0 bridgehead atoms. The smallest absolute Gasteiger partial charge is 0.192 e. The molecule has 2 aromatic heterocycles. The highest BCUT2D eigenvalue weighted by Gasteiger charge is 2.05. The van der Waals surface area contributed by atoms with Gasteiger partial charge in [-0.2, -0.15) is 0 Å². The van der Waals surface area contributed by atoms with Crippen LogP contribution in [-0.2, 0) is 6.61 Å². The van der Waals surface area contributed by atoms with Crippen LogP contribution in [0.4, 0.5) is 0 Å². The Balaban J connectivity index is 2.14. The summed E-state index contributed by atoms with van der Waals surface area (Å²) in [6.07, 6.45) is 4.87. The maximum absolute atomic E-state index is 8.83. The molecule has 2 aromatic rings. The van der Waals surface area contributed by atoms with E-state index in [1.54, 1.807) is 18.7 Å². The van der Waals surface area contributed by atoms with Crippen LogP contribution < -0.4 is 0 Å². The summed E-state index contributed by atoms with van der Waals surface area (Å²) in [6, 6.07) is 1.88. The minimum atomic E-state index is -0.0321. The molecule has 4 nitrogen and oxygen atoms in total. The van der Waals surface area contributed by atoms with Crippen molar-refractivity contribution >= 4 is 11.8 Å². The third kappa shape index (κ3) is 2.37. The van der Waals surface area contributed by atoms with Crippen molar-refractivity contribution in [3.05, 3.63) is 36.0 Å². The van der Waals surface area contributed by atoms with Gasteiger partial charge in [0.2, 0.25) is 0 Å². The van der Waals surface area contributed by atoms with Gasteiger partial charge in [-0.3, -0.25) is 0 Å². The van der Waals surface area contributed by atoms with E-state index in [0.717, 1.165) is 10.7 Å². The first kappa shape index (κ1) is 10.2. The second kappa shape index (κ2) is 4.46. The quantitative estimate of drug-likeness (QED) is 0.805. The van der Waals surface area contributed by atoms with Crippen molar-refractivity contribution < 1.29 is 9.52 Å². The van der Waals surface area contributed by atoms with Crippen molar-refractivity contribution in [1.29, 1.82) is 0 Å². The van der Waals surface area contributed by atoms with Crippen LogP contribution in [0.25, 0.3) is 0 Å². The van der Waals surface area contributed by atoms with Crippen LogP contribution in [0.2, 0.25) is 0 Å². The van der Waals surface area contributed by atoms with E-state index in [1.165, 1.54) is 11.8 Å². The number of aromatic nitrogens is 2. The summed E-state index contributed by atoms with van der Waals surface area (Å²) in [4.78, 5) is 9.24. The molecule has 2 rings (SSSR count). The Bertz CT molecular complexity index is 439. The van der Waals surface area contributed by atoms with E-state index in [0.29, 0.717) is 10.7 Å². The number of aliphatic hydroxyl groups excluding tert-OH is 1. The van der Waals surface area contributed by atoms with Crippen LogP contribution in [0, 0.1) is 6.92 Å². The Labute approximate surface area is 91.4 Å². The summed E-state index contributed by atoms with van der Waals surface area (Å²) in [5.41, 5.74) is 0.711. The molecule has 0 saturated carbocycles. The molecular weight excluding hydrogens is 212 g/mol. The maximum atomic E-state index is 8.83. The summed E-state index contributed by atoms with van der Waals surface area (Å²) >= 11 is 1.44. The van der Waals surface area contributed by atoms with E-state index in [-0.39, 0.29) is 6.61 Å². The number of hydrogen-bond donors (Lipinski definition) is 1. The summed E-state index contributed by atoms with van der Waals surface area (Å²) in [6.45, 7) is 1.86. The number of rotatable bonds is 3. The van der Waals surface area contributed by atoms with Gasteiger partial charge in [-0.25, -0.2) is 9.97 Å². The zero-order valence-corrected chi connectivity index (χ0v) is 8.99. The molecule has 0 amide bonds. The van der Waals surface area contributed by atoms with Gasteiger partial charge in [-0.05, 0) is 24.8 Å². The first-order valence-electron chi connectivity index (χ1n) is 4.43. The van der Waals surface area contributed by atoms with E-state index in [9.17, 15) is 0 Å². The molecule has 0 aromatic carbocycles. The van der Waals surface area contributed by atoms with Crippen molar-refractivity contribution in [3.8, 4) is 0 Å². The van der Waals surface area contributed by atoms with E-state index >= 15 is 0 Å². The lowest BCUT2D eigenvalue weighted by Gasteiger charge is -1.98. The van der Waals surface area contributed by atoms with Gasteiger partial charge in [0, 0.05) is 18.0 Å². The molecule has 0 aliphatic carbocycles. The number of nitrogens with zero attached hydrogens (tertiary/aromatic N) is 2.